The lowest BCUT2D eigenvalue weighted by atomic mass is 9.88. The van der Waals surface area contributed by atoms with Gasteiger partial charge in [0.25, 0.3) is 0 Å². The Morgan fingerprint density at radius 2 is 2.29 bits per heavy atom. The Kier molecular flexibility index (Phi) is 5.74. The third-order valence-electron chi connectivity index (χ3n) is 3.51. The molecule has 2 rings (SSSR count). The van der Waals surface area contributed by atoms with Crippen molar-refractivity contribution >= 4 is 30.0 Å². The van der Waals surface area contributed by atoms with Crippen LogP contribution in [0.2, 0.25) is 0 Å². The number of hydrogen-bond donors (Lipinski definition) is 2. The highest BCUT2D eigenvalue weighted by Gasteiger charge is 2.38. The van der Waals surface area contributed by atoms with Crippen LogP contribution in [0.5, 0.6) is 0 Å². The van der Waals surface area contributed by atoms with Gasteiger partial charge < -0.3 is 20.1 Å². The summed E-state index contributed by atoms with van der Waals surface area (Å²) in [5, 5.41) is 9.45. The Morgan fingerprint density at radius 1 is 1.57 bits per heavy atom. The van der Waals surface area contributed by atoms with Crippen LogP contribution in [0.4, 0.5) is 5.82 Å². The van der Waals surface area contributed by atoms with Crippen LogP contribution in [0.25, 0.3) is 0 Å². The molecule has 2 amide bonds. The Balaban J connectivity index is 0.00000220. The van der Waals surface area contributed by atoms with E-state index in [0.29, 0.717) is 18.1 Å². The first kappa shape index (κ1) is 17.5. The molecule has 1 saturated heterocycles. The van der Waals surface area contributed by atoms with Gasteiger partial charge in [0.2, 0.25) is 11.8 Å². The summed E-state index contributed by atoms with van der Waals surface area (Å²) < 4.78 is 4.86. The molecule has 118 valence electrons. The summed E-state index contributed by atoms with van der Waals surface area (Å²) >= 11 is 0. The summed E-state index contributed by atoms with van der Waals surface area (Å²) in [5.74, 6) is 0.675. The van der Waals surface area contributed by atoms with Crippen LogP contribution in [0.15, 0.2) is 10.6 Å². The summed E-state index contributed by atoms with van der Waals surface area (Å²) in [6, 6.07) is 1.63. The molecule has 1 aromatic heterocycles. The summed E-state index contributed by atoms with van der Waals surface area (Å²) in [4.78, 5) is 25.6. The maximum atomic E-state index is 12.3. The van der Waals surface area contributed by atoms with Crippen LogP contribution < -0.4 is 10.6 Å². The molecular formula is C13H21ClN4O3. The summed E-state index contributed by atoms with van der Waals surface area (Å²) in [5.41, 5.74) is -0.417. The molecular weight excluding hydrogens is 296 g/mol. The molecule has 0 spiro atoms. The van der Waals surface area contributed by atoms with Gasteiger partial charge in [-0.3, -0.25) is 9.59 Å². The molecule has 0 bridgehead atoms. The minimum Gasteiger partial charge on any atom is -0.360 e. The van der Waals surface area contributed by atoms with E-state index in [1.165, 1.54) is 4.90 Å². The zero-order valence-electron chi connectivity index (χ0n) is 12.4. The van der Waals surface area contributed by atoms with Gasteiger partial charge >= 0.3 is 0 Å². The molecule has 8 heteroatoms. The Hall–Kier alpha value is -1.60. The molecule has 1 aliphatic heterocycles. The largest absolute Gasteiger partial charge is 0.360 e. The molecule has 1 atom stereocenters. The predicted octanol–water partition coefficient (Wildman–Crippen LogP) is 0.801. The molecule has 0 aliphatic carbocycles. The topological polar surface area (TPSA) is 87.5 Å². The van der Waals surface area contributed by atoms with Crippen LogP contribution in [0.1, 0.15) is 19.1 Å². The fourth-order valence-electron chi connectivity index (χ4n) is 2.36. The zero-order valence-corrected chi connectivity index (χ0v) is 13.2. The molecule has 2 heterocycles. The van der Waals surface area contributed by atoms with Crippen molar-refractivity contribution in [1.29, 1.82) is 0 Å². The lowest BCUT2D eigenvalue weighted by Crippen LogP contribution is -2.44. The van der Waals surface area contributed by atoms with Crippen LogP contribution >= 0.6 is 12.4 Å². The van der Waals surface area contributed by atoms with Crippen molar-refractivity contribution < 1.29 is 14.1 Å². The number of nitrogens with zero attached hydrogens (tertiary/aromatic N) is 2. The minimum absolute atomic E-state index is 0. The van der Waals surface area contributed by atoms with Crippen molar-refractivity contribution in [2.45, 2.75) is 20.3 Å². The third kappa shape index (κ3) is 4.18. The second kappa shape index (κ2) is 6.91. The van der Waals surface area contributed by atoms with Crippen LogP contribution in [0, 0.1) is 12.3 Å². The van der Waals surface area contributed by atoms with Crippen molar-refractivity contribution in [2.75, 3.05) is 32.0 Å². The molecule has 21 heavy (non-hydrogen) atoms. The van der Waals surface area contributed by atoms with Crippen molar-refractivity contribution in [3.05, 3.63) is 11.8 Å². The number of aromatic nitrogens is 1. The minimum atomic E-state index is -0.417. The van der Waals surface area contributed by atoms with Gasteiger partial charge in [0.15, 0.2) is 5.82 Å². The average Bonchev–Trinajstić information content (AvgIpc) is 2.98. The molecule has 7 nitrogen and oxygen atoms in total. The van der Waals surface area contributed by atoms with Gasteiger partial charge in [-0.05, 0) is 26.8 Å². The molecule has 2 N–H and O–H groups in total. The quantitative estimate of drug-likeness (QED) is 0.858. The first-order valence-electron chi connectivity index (χ1n) is 6.60. The lowest BCUT2D eigenvalue weighted by Gasteiger charge is -2.27. The van der Waals surface area contributed by atoms with Gasteiger partial charge in [-0.1, -0.05) is 5.16 Å². The molecule has 0 saturated carbocycles. The highest BCUT2D eigenvalue weighted by Crippen LogP contribution is 2.26. The number of likely N-dealkylation sites (N-methyl/N-ethyl adjacent to an activating group) is 1. The summed E-state index contributed by atoms with van der Waals surface area (Å²) in [7, 11) is 1.64. The Morgan fingerprint density at radius 3 is 2.81 bits per heavy atom. The number of rotatable bonds is 4. The van der Waals surface area contributed by atoms with Crippen molar-refractivity contribution in [3.8, 4) is 0 Å². The summed E-state index contributed by atoms with van der Waals surface area (Å²) in [6.45, 7) is 5.15. The first-order chi connectivity index (χ1) is 9.40. The predicted molar refractivity (Wildman–Crippen MR) is 80.3 cm³/mol. The van der Waals surface area contributed by atoms with Gasteiger partial charge in [0.05, 0.1) is 12.0 Å². The average molecular weight is 317 g/mol. The highest BCUT2D eigenvalue weighted by atomic mass is 35.5. The van der Waals surface area contributed by atoms with E-state index in [-0.39, 0.29) is 30.8 Å². The van der Waals surface area contributed by atoms with Crippen molar-refractivity contribution in [3.63, 3.8) is 0 Å². The molecule has 1 aliphatic rings. The number of hydrogen-bond acceptors (Lipinski definition) is 5. The fraction of sp³-hybridized carbons (Fsp3) is 0.615. The van der Waals surface area contributed by atoms with Gasteiger partial charge in [-0.25, -0.2) is 0 Å². The normalized spacial score (nSPS) is 20.7. The van der Waals surface area contributed by atoms with E-state index in [9.17, 15) is 9.59 Å². The fourth-order valence-corrected chi connectivity index (χ4v) is 2.36. The van der Waals surface area contributed by atoms with E-state index >= 15 is 0 Å². The maximum absolute atomic E-state index is 12.3. The van der Waals surface area contributed by atoms with E-state index in [4.69, 9.17) is 4.52 Å². The van der Waals surface area contributed by atoms with Crippen molar-refractivity contribution in [1.82, 2.24) is 15.4 Å². The maximum Gasteiger partial charge on any atom is 0.245 e. The number of nitrogens with one attached hydrogen (secondary N) is 2. The summed E-state index contributed by atoms with van der Waals surface area (Å²) in [6.07, 6.45) is 0.792. The second-order valence-electron chi connectivity index (χ2n) is 5.52. The van der Waals surface area contributed by atoms with E-state index in [1.807, 2.05) is 6.92 Å². The van der Waals surface area contributed by atoms with E-state index in [0.717, 1.165) is 13.0 Å². The van der Waals surface area contributed by atoms with Crippen LogP contribution in [-0.2, 0) is 9.59 Å². The Labute approximate surface area is 129 Å². The molecule has 0 aromatic carbocycles. The van der Waals surface area contributed by atoms with Gasteiger partial charge in [0.1, 0.15) is 5.76 Å². The van der Waals surface area contributed by atoms with Crippen LogP contribution in [0.3, 0.4) is 0 Å². The number of carbonyl (C=O) groups excluding carboxylic acids is 2. The number of anilines is 1. The number of aryl methyl sites for hydroxylation is 1. The number of carbonyl (C=O) groups is 2. The standard InChI is InChI=1S/C13H20N4O3.ClH/c1-9-6-10(16-20-9)15-11(18)7-17(3)12(19)13(2)4-5-14-8-13;/h6,14H,4-5,7-8H2,1-3H3,(H,15,16,18);1H. The van der Waals surface area contributed by atoms with Gasteiger partial charge in [-0.2, -0.15) is 0 Å². The highest BCUT2D eigenvalue weighted by molar-refractivity contribution is 5.94. The van der Waals surface area contributed by atoms with E-state index in [1.54, 1.807) is 20.0 Å². The Bertz CT molecular complexity index is 511. The van der Waals surface area contributed by atoms with Gasteiger partial charge in [-0.15, -0.1) is 12.4 Å². The molecule has 1 fully saturated rings. The van der Waals surface area contributed by atoms with E-state index < -0.39 is 5.41 Å². The van der Waals surface area contributed by atoms with Crippen LogP contribution in [-0.4, -0.2) is 48.6 Å². The molecule has 1 unspecified atom stereocenters. The monoisotopic (exact) mass is 316 g/mol. The van der Waals surface area contributed by atoms with Crippen molar-refractivity contribution in [2.24, 2.45) is 5.41 Å². The zero-order chi connectivity index (χ0) is 14.8. The van der Waals surface area contributed by atoms with E-state index in [2.05, 4.69) is 15.8 Å². The first-order valence-corrected chi connectivity index (χ1v) is 6.60. The van der Waals surface area contributed by atoms with Gasteiger partial charge in [0, 0.05) is 19.7 Å². The lowest BCUT2D eigenvalue weighted by molar-refractivity contribution is -0.141. The number of halogens is 1. The molecule has 1 aromatic rings. The smallest absolute Gasteiger partial charge is 0.245 e. The molecule has 0 radical (unpaired) electrons. The number of amides is 2. The SMILES string of the molecule is Cc1cc(NC(=O)CN(C)C(=O)C2(C)CCNC2)no1.Cl. The third-order valence-corrected chi connectivity index (χ3v) is 3.51. The second-order valence-corrected chi connectivity index (χ2v) is 5.52.